The molecule has 0 heterocycles. The Balaban J connectivity index is 0.00000364. The highest BCUT2D eigenvalue weighted by atomic mass is 127. The molecule has 0 bridgehead atoms. The number of hydrogen-bond acceptors (Lipinski definition) is 3. The summed E-state index contributed by atoms with van der Waals surface area (Å²) < 4.78 is 12.9. The Hall–Kier alpha value is -1.81. The van der Waals surface area contributed by atoms with Gasteiger partial charge in [0.15, 0.2) is 5.96 Å². The number of thioether (sulfide) groups is 1. The summed E-state index contributed by atoms with van der Waals surface area (Å²) in [6.07, 6.45) is 2.05. The monoisotopic (exact) mass is 502 g/mol. The molecule has 1 amide bonds. The summed E-state index contributed by atoms with van der Waals surface area (Å²) in [5.41, 5.74) is 2.94. The Morgan fingerprint density at radius 2 is 1.85 bits per heavy atom. The molecule has 2 rings (SSSR count). The Bertz CT molecular complexity index is 784. The van der Waals surface area contributed by atoms with Gasteiger partial charge in [-0.15, -0.1) is 35.7 Å². The zero-order valence-electron chi connectivity index (χ0n) is 15.5. The first-order chi connectivity index (χ1) is 12.5. The maximum atomic E-state index is 12.9. The van der Waals surface area contributed by atoms with Crippen molar-refractivity contribution in [3.05, 3.63) is 59.4 Å². The first-order valence-electron chi connectivity index (χ1n) is 8.15. The number of carbonyl (C=O) groups excluding carboxylic acids is 1. The molecule has 0 aliphatic heterocycles. The first kappa shape index (κ1) is 23.2. The van der Waals surface area contributed by atoms with E-state index >= 15 is 0 Å². The summed E-state index contributed by atoms with van der Waals surface area (Å²) in [6.45, 7) is 2.73. The standard InChI is InChI=1S/C19H23FN4OS.HI/c1-13-4-5-14(17(10-13)26-3)11-22-19(21-2)23-12-18(25)24-16-8-6-15(20)7-9-16;/h4-10H,11-12H2,1-3H3,(H,24,25)(H2,21,22,23);1H. The average molecular weight is 502 g/mol. The molecule has 146 valence electrons. The van der Waals surface area contributed by atoms with Gasteiger partial charge in [-0.1, -0.05) is 12.1 Å². The van der Waals surface area contributed by atoms with Gasteiger partial charge in [0.05, 0.1) is 6.54 Å². The highest BCUT2D eigenvalue weighted by Gasteiger charge is 2.06. The zero-order valence-corrected chi connectivity index (χ0v) is 18.7. The smallest absolute Gasteiger partial charge is 0.243 e. The van der Waals surface area contributed by atoms with E-state index in [0.29, 0.717) is 18.2 Å². The van der Waals surface area contributed by atoms with Crippen LogP contribution in [-0.2, 0) is 11.3 Å². The molecular formula is C19H24FIN4OS. The number of guanidine groups is 1. The minimum Gasteiger partial charge on any atom is -0.352 e. The molecule has 0 radical (unpaired) electrons. The van der Waals surface area contributed by atoms with Crippen LogP contribution in [0, 0.1) is 12.7 Å². The van der Waals surface area contributed by atoms with Crippen LogP contribution in [-0.4, -0.2) is 31.7 Å². The van der Waals surface area contributed by atoms with E-state index in [1.54, 1.807) is 18.8 Å². The molecule has 5 nitrogen and oxygen atoms in total. The Labute approximate surface area is 180 Å². The molecule has 8 heteroatoms. The van der Waals surface area contributed by atoms with Gasteiger partial charge < -0.3 is 16.0 Å². The number of halogens is 2. The van der Waals surface area contributed by atoms with Crippen molar-refractivity contribution in [2.75, 3.05) is 25.2 Å². The van der Waals surface area contributed by atoms with E-state index in [0.717, 1.165) is 0 Å². The Kier molecular flexibility index (Phi) is 10.2. The maximum Gasteiger partial charge on any atom is 0.243 e. The van der Waals surface area contributed by atoms with Crippen molar-refractivity contribution < 1.29 is 9.18 Å². The average Bonchev–Trinajstić information content (AvgIpc) is 2.64. The fourth-order valence-electron chi connectivity index (χ4n) is 2.30. The third-order valence-corrected chi connectivity index (χ3v) is 4.48. The third-order valence-electron chi connectivity index (χ3n) is 3.66. The lowest BCUT2D eigenvalue weighted by atomic mass is 10.1. The van der Waals surface area contributed by atoms with Gasteiger partial charge in [0.2, 0.25) is 5.91 Å². The molecule has 0 aliphatic carbocycles. The summed E-state index contributed by atoms with van der Waals surface area (Å²) in [5.74, 6) is -0.0435. The van der Waals surface area contributed by atoms with Crippen LogP contribution in [0.4, 0.5) is 10.1 Å². The van der Waals surface area contributed by atoms with Crippen molar-refractivity contribution in [1.29, 1.82) is 0 Å². The lowest BCUT2D eigenvalue weighted by Crippen LogP contribution is -2.41. The molecule has 3 N–H and O–H groups in total. The third kappa shape index (κ3) is 7.76. The van der Waals surface area contributed by atoms with Gasteiger partial charge in [0.1, 0.15) is 5.82 Å². The highest BCUT2D eigenvalue weighted by molar-refractivity contribution is 14.0. The van der Waals surface area contributed by atoms with Crippen LogP contribution in [0.5, 0.6) is 0 Å². The fraction of sp³-hybridized carbons (Fsp3) is 0.263. The molecule has 0 unspecified atom stereocenters. The second-order valence-corrected chi connectivity index (χ2v) is 6.50. The molecule has 0 aliphatic rings. The summed E-state index contributed by atoms with van der Waals surface area (Å²) >= 11 is 1.70. The van der Waals surface area contributed by atoms with Gasteiger partial charge in [0, 0.05) is 24.2 Å². The molecular weight excluding hydrogens is 478 g/mol. The van der Waals surface area contributed by atoms with Crippen LogP contribution >= 0.6 is 35.7 Å². The van der Waals surface area contributed by atoms with Crippen molar-refractivity contribution in [3.63, 3.8) is 0 Å². The Morgan fingerprint density at radius 1 is 1.15 bits per heavy atom. The topological polar surface area (TPSA) is 65.5 Å². The second kappa shape index (κ2) is 11.8. The lowest BCUT2D eigenvalue weighted by Gasteiger charge is -2.14. The molecule has 0 aromatic heterocycles. The number of aryl methyl sites for hydroxylation is 1. The van der Waals surface area contributed by atoms with Crippen molar-refractivity contribution in [3.8, 4) is 0 Å². The van der Waals surface area contributed by atoms with Gasteiger partial charge in [-0.05, 0) is 54.6 Å². The van der Waals surface area contributed by atoms with Crippen LogP contribution in [0.25, 0.3) is 0 Å². The van der Waals surface area contributed by atoms with Crippen molar-refractivity contribution in [2.24, 2.45) is 4.99 Å². The molecule has 0 spiro atoms. The maximum absolute atomic E-state index is 12.9. The fourth-order valence-corrected chi connectivity index (χ4v) is 3.01. The van der Waals surface area contributed by atoms with Crippen LogP contribution in [0.3, 0.4) is 0 Å². The number of benzene rings is 2. The molecule has 0 saturated carbocycles. The van der Waals surface area contributed by atoms with Gasteiger partial charge in [-0.25, -0.2) is 4.39 Å². The predicted octanol–water partition coefficient (Wildman–Crippen LogP) is 3.78. The van der Waals surface area contributed by atoms with E-state index in [-0.39, 0.29) is 42.2 Å². The minimum atomic E-state index is -0.341. The zero-order chi connectivity index (χ0) is 18.9. The molecule has 27 heavy (non-hydrogen) atoms. The number of anilines is 1. The molecule has 2 aromatic carbocycles. The number of carbonyl (C=O) groups is 1. The van der Waals surface area contributed by atoms with Crippen LogP contribution < -0.4 is 16.0 Å². The molecule has 0 fully saturated rings. The van der Waals surface area contributed by atoms with Crippen molar-refractivity contribution >= 4 is 53.3 Å². The van der Waals surface area contributed by atoms with Gasteiger partial charge in [0.25, 0.3) is 0 Å². The minimum absolute atomic E-state index is 0. The number of nitrogens with one attached hydrogen (secondary N) is 3. The number of hydrogen-bond donors (Lipinski definition) is 3. The van der Waals surface area contributed by atoms with E-state index in [9.17, 15) is 9.18 Å². The summed E-state index contributed by atoms with van der Waals surface area (Å²) in [5, 5.41) is 8.86. The van der Waals surface area contributed by atoms with E-state index in [4.69, 9.17) is 0 Å². The SMILES string of the molecule is CN=C(NCC(=O)Nc1ccc(F)cc1)NCc1ccc(C)cc1SC.I. The van der Waals surface area contributed by atoms with Crippen LogP contribution in [0.15, 0.2) is 52.4 Å². The van der Waals surface area contributed by atoms with E-state index in [1.165, 1.54) is 40.3 Å². The van der Waals surface area contributed by atoms with Crippen LogP contribution in [0.2, 0.25) is 0 Å². The number of rotatable bonds is 6. The van der Waals surface area contributed by atoms with Crippen molar-refractivity contribution in [2.45, 2.75) is 18.4 Å². The van der Waals surface area contributed by atoms with Crippen LogP contribution in [0.1, 0.15) is 11.1 Å². The molecule has 2 aromatic rings. The number of amides is 1. The van der Waals surface area contributed by atoms with Gasteiger partial charge in [-0.2, -0.15) is 0 Å². The summed E-state index contributed by atoms with van der Waals surface area (Å²) in [4.78, 5) is 17.3. The summed E-state index contributed by atoms with van der Waals surface area (Å²) in [7, 11) is 1.65. The molecule has 0 atom stereocenters. The predicted molar refractivity (Wildman–Crippen MR) is 122 cm³/mol. The largest absolute Gasteiger partial charge is 0.352 e. The van der Waals surface area contributed by atoms with Gasteiger partial charge >= 0.3 is 0 Å². The Morgan fingerprint density at radius 3 is 2.48 bits per heavy atom. The normalized spacial score (nSPS) is 10.7. The number of nitrogens with zero attached hydrogens (tertiary/aromatic N) is 1. The molecule has 0 saturated heterocycles. The number of aliphatic imine (C=N–C) groups is 1. The highest BCUT2D eigenvalue weighted by Crippen LogP contribution is 2.21. The quantitative estimate of drug-likeness (QED) is 0.244. The second-order valence-electron chi connectivity index (χ2n) is 5.65. The lowest BCUT2D eigenvalue weighted by molar-refractivity contribution is -0.115. The van der Waals surface area contributed by atoms with Crippen molar-refractivity contribution in [1.82, 2.24) is 10.6 Å². The first-order valence-corrected chi connectivity index (χ1v) is 9.37. The van der Waals surface area contributed by atoms with E-state index < -0.39 is 0 Å². The van der Waals surface area contributed by atoms with E-state index in [1.807, 2.05) is 6.26 Å². The summed E-state index contributed by atoms with van der Waals surface area (Å²) in [6, 6.07) is 11.9. The van der Waals surface area contributed by atoms with E-state index in [2.05, 4.69) is 46.1 Å². The van der Waals surface area contributed by atoms with Gasteiger partial charge in [-0.3, -0.25) is 9.79 Å².